The quantitative estimate of drug-likeness (QED) is 0.430. The number of likely N-dealkylation sites (tertiary alicyclic amines) is 1. The first-order valence-electron chi connectivity index (χ1n) is 10.2. The number of para-hydroxylation sites is 1. The summed E-state index contributed by atoms with van der Waals surface area (Å²) in [6.45, 7) is 6.17. The van der Waals surface area contributed by atoms with E-state index in [1.807, 2.05) is 37.4 Å². The summed E-state index contributed by atoms with van der Waals surface area (Å²) in [5, 5.41) is 3.46. The van der Waals surface area contributed by atoms with Crippen LogP contribution in [0.15, 0.2) is 35.3 Å². The van der Waals surface area contributed by atoms with Gasteiger partial charge in [0.2, 0.25) is 0 Å². The molecular formula is C21H33N3O3. The minimum atomic E-state index is 0.287. The second kappa shape index (κ2) is 11.1. The molecule has 1 unspecified atom stereocenters. The van der Waals surface area contributed by atoms with Crippen molar-refractivity contribution in [1.29, 1.82) is 0 Å². The zero-order valence-corrected chi connectivity index (χ0v) is 16.4. The number of piperidine rings is 1. The highest BCUT2D eigenvalue weighted by Gasteiger charge is 2.22. The smallest absolute Gasteiger partial charge is 0.193 e. The van der Waals surface area contributed by atoms with Crippen LogP contribution in [0, 0.1) is 5.92 Å². The van der Waals surface area contributed by atoms with Crippen LogP contribution < -0.4 is 10.1 Å². The third-order valence-electron chi connectivity index (χ3n) is 5.13. The highest BCUT2D eigenvalue weighted by Crippen LogP contribution is 2.18. The van der Waals surface area contributed by atoms with Crippen LogP contribution in [0.2, 0.25) is 0 Å². The summed E-state index contributed by atoms with van der Waals surface area (Å²) in [4.78, 5) is 6.76. The molecule has 2 aliphatic heterocycles. The van der Waals surface area contributed by atoms with E-state index in [1.165, 1.54) is 0 Å². The summed E-state index contributed by atoms with van der Waals surface area (Å²) in [6, 6.07) is 10.1. The van der Waals surface area contributed by atoms with Gasteiger partial charge in [-0.15, -0.1) is 0 Å². The number of aliphatic imine (C=N–C) groups is 1. The Hall–Kier alpha value is -1.79. The number of ether oxygens (including phenoxy) is 3. The lowest BCUT2D eigenvalue weighted by molar-refractivity contribution is 0.0886. The molecule has 1 aromatic rings. The van der Waals surface area contributed by atoms with Gasteiger partial charge in [0, 0.05) is 58.7 Å². The van der Waals surface area contributed by atoms with E-state index < -0.39 is 0 Å². The molecule has 2 saturated heterocycles. The second-order valence-electron chi connectivity index (χ2n) is 7.25. The van der Waals surface area contributed by atoms with Crippen LogP contribution in [0.3, 0.4) is 0 Å². The molecule has 1 N–H and O–H groups in total. The maximum Gasteiger partial charge on any atom is 0.193 e. The summed E-state index contributed by atoms with van der Waals surface area (Å²) in [6.07, 6.45) is 4.44. The normalized spacial score (nSPS) is 21.4. The summed E-state index contributed by atoms with van der Waals surface area (Å²) < 4.78 is 17.2. The minimum absolute atomic E-state index is 0.287. The van der Waals surface area contributed by atoms with E-state index in [4.69, 9.17) is 14.2 Å². The lowest BCUT2D eigenvalue weighted by Crippen LogP contribution is -2.47. The van der Waals surface area contributed by atoms with Crippen LogP contribution in [0.1, 0.15) is 25.7 Å². The number of nitrogens with one attached hydrogen (secondary N) is 1. The first-order valence-corrected chi connectivity index (χ1v) is 10.2. The fraction of sp³-hybridized carbons (Fsp3) is 0.667. The molecule has 0 radical (unpaired) electrons. The molecule has 0 amide bonds. The van der Waals surface area contributed by atoms with Crippen molar-refractivity contribution in [3.63, 3.8) is 0 Å². The Morgan fingerprint density at radius 2 is 2.04 bits per heavy atom. The van der Waals surface area contributed by atoms with Gasteiger partial charge in [0.05, 0.1) is 13.2 Å². The molecular weight excluding hydrogens is 342 g/mol. The summed E-state index contributed by atoms with van der Waals surface area (Å²) in [5.74, 6) is 2.53. The Morgan fingerprint density at radius 1 is 1.22 bits per heavy atom. The molecule has 1 atom stereocenters. The van der Waals surface area contributed by atoms with Crippen molar-refractivity contribution in [3.8, 4) is 5.75 Å². The number of hydrogen-bond acceptors (Lipinski definition) is 4. The van der Waals surface area contributed by atoms with Gasteiger partial charge in [-0.25, -0.2) is 0 Å². The molecule has 3 rings (SSSR count). The molecule has 0 aromatic heterocycles. The van der Waals surface area contributed by atoms with Gasteiger partial charge in [0.1, 0.15) is 11.9 Å². The van der Waals surface area contributed by atoms with Gasteiger partial charge in [-0.05, 0) is 25.0 Å². The number of hydrogen-bond donors (Lipinski definition) is 1. The minimum Gasteiger partial charge on any atom is -0.490 e. The van der Waals surface area contributed by atoms with Crippen molar-refractivity contribution in [2.45, 2.75) is 31.8 Å². The van der Waals surface area contributed by atoms with Crippen molar-refractivity contribution >= 4 is 5.96 Å². The first-order chi connectivity index (χ1) is 13.3. The summed E-state index contributed by atoms with van der Waals surface area (Å²) in [5.41, 5.74) is 0. The maximum atomic E-state index is 6.07. The van der Waals surface area contributed by atoms with E-state index >= 15 is 0 Å². The fourth-order valence-corrected chi connectivity index (χ4v) is 3.55. The SMILES string of the molecule is CN=C(NCCCOCC1CCOC1)N1CCC(Oc2ccccc2)CC1. The van der Waals surface area contributed by atoms with Crippen molar-refractivity contribution < 1.29 is 14.2 Å². The van der Waals surface area contributed by atoms with Crippen molar-refractivity contribution in [2.75, 3.05) is 53.1 Å². The van der Waals surface area contributed by atoms with E-state index in [0.717, 1.165) is 83.5 Å². The Kier molecular flexibility index (Phi) is 8.24. The zero-order valence-electron chi connectivity index (χ0n) is 16.4. The van der Waals surface area contributed by atoms with Crippen LogP contribution in [0.5, 0.6) is 5.75 Å². The van der Waals surface area contributed by atoms with E-state index in [2.05, 4.69) is 15.2 Å². The van der Waals surface area contributed by atoms with Crippen molar-refractivity contribution in [3.05, 3.63) is 30.3 Å². The monoisotopic (exact) mass is 375 g/mol. The zero-order chi connectivity index (χ0) is 18.7. The highest BCUT2D eigenvalue weighted by molar-refractivity contribution is 5.79. The first kappa shape index (κ1) is 20.0. The van der Waals surface area contributed by atoms with Gasteiger partial charge in [0.15, 0.2) is 5.96 Å². The van der Waals surface area contributed by atoms with Crippen LogP contribution in [0.25, 0.3) is 0 Å². The molecule has 6 nitrogen and oxygen atoms in total. The van der Waals surface area contributed by atoms with E-state index in [9.17, 15) is 0 Å². The Bertz CT molecular complexity index is 553. The molecule has 27 heavy (non-hydrogen) atoms. The number of nitrogens with zero attached hydrogens (tertiary/aromatic N) is 2. The molecule has 150 valence electrons. The third kappa shape index (κ3) is 6.70. The molecule has 0 saturated carbocycles. The third-order valence-corrected chi connectivity index (χ3v) is 5.13. The van der Waals surface area contributed by atoms with Crippen LogP contribution in [-0.2, 0) is 9.47 Å². The largest absolute Gasteiger partial charge is 0.490 e. The van der Waals surface area contributed by atoms with Crippen LogP contribution >= 0.6 is 0 Å². The molecule has 2 fully saturated rings. The van der Waals surface area contributed by atoms with Crippen LogP contribution in [0.4, 0.5) is 0 Å². The number of rotatable bonds is 8. The lowest BCUT2D eigenvalue weighted by atomic mass is 10.1. The number of benzene rings is 1. The predicted molar refractivity (Wildman–Crippen MR) is 107 cm³/mol. The molecule has 6 heteroatoms. The highest BCUT2D eigenvalue weighted by atomic mass is 16.5. The average molecular weight is 376 g/mol. The van der Waals surface area contributed by atoms with Gasteiger partial charge >= 0.3 is 0 Å². The van der Waals surface area contributed by atoms with Gasteiger partial charge in [0.25, 0.3) is 0 Å². The lowest BCUT2D eigenvalue weighted by Gasteiger charge is -2.34. The number of guanidine groups is 1. The van der Waals surface area contributed by atoms with Crippen molar-refractivity contribution in [1.82, 2.24) is 10.2 Å². The standard InChI is InChI=1S/C21H33N3O3/c1-22-21(23-11-5-14-25-16-18-10-15-26-17-18)24-12-8-20(9-13-24)27-19-6-3-2-4-7-19/h2-4,6-7,18,20H,5,8-17H2,1H3,(H,22,23). The summed E-state index contributed by atoms with van der Waals surface area (Å²) >= 11 is 0. The van der Waals surface area contributed by atoms with Gasteiger partial charge < -0.3 is 24.4 Å². The molecule has 1 aromatic carbocycles. The molecule has 0 bridgehead atoms. The van der Waals surface area contributed by atoms with E-state index in [1.54, 1.807) is 0 Å². The van der Waals surface area contributed by atoms with E-state index in [0.29, 0.717) is 5.92 Å². The maximum absolute atomic E-state index is 6.07. The van der Waals surface area contributed by atoms with Gasteiger partial charge in [-0.3, -0.25) is 4.99 Å². The second-order valence-corrected chi connectivity index (χ2v) is 7.25. The van der Waals surface area contributed by atoms with E-state index in [-0.39, 0.29) is 6.10 Å². The Morgan fingerprint density at radius 3 is 2.74 bits per heavy atom. The summed E-state index contributed by atoms with van der Waals surface area (Å²) in [7, 11) is 1.85. The molecule has 2 aliphatic rings. The molecule has 0 aliphatic carbocycles. The average Bonchev–Trinajstić information content (AvgIpc) is 3.23. The Labute approximate surface area is 162 Å². The topological polar surface area (TPSA) is 55.3 Å². The molecule has 0 spiro atoms. The molecule has 2 heterocycles. The van der Waals surface area contributed by atoms with Crippen LogP contribution in [-0.4, -0.2) is 70.1 Å². The van der Waals surface area contributed by atoms with Crippen molar-refractivity contribution in [2.24, 2.45) is 10.9 Å². The fourth-order valence-electron chi connectivity index (χ4n) is 3.55. The predicted octanol–water partition coefficient (Wildman–Crippen LogP) is 2.55. The van der Waals surface area contributed by atoms with Gasteiger partial charge in [-0.2, -0.15) is 0 Å². The Balaban J connectivity index is 1.28. The van der Waals surface area contributed by atoms with Gasteiger partial charge in [-0.1, -0.05) is 18.2 Å².